The molecular formula is C25H31N5O3S. The molecule has 0 spiro atoms. The van der Waals surface area contributed by atoms with Crippen LogP contribution < -0.4 is 15.4 Å². The number of ether oxygens (including phenoxy) is 1. The molecule has 0 fully saturated rings. The number of hydrogen-bond donors (Lipinski definition) is 2. The summed E-state index contributed by atoms with van der Waals surface area (Å²) in [7, 11) is 1.61. The van der Waals surface area contributed by atoms with E-state index in [0.717, 1.165) is 28.1 Å². The van der Waals surface area contributed by atoms with Crippen molar-refractivity contribution in [1.29, 1.82) is 0 Å². The van der Waals surface area contributed by atoms with Gasteiger partial charge in [0.1, 0.15) is 5.75 Å². The number of amides is 2. The minimum absolute atomic E-state index is 0.106. The Balaban J connectivity index is 1.57. The Morgan fingerprint density at radius 3 is 2.35 bits per heavy atom. The number of nitrogens with one attached hydrogen (secondary N) is 2. The third kappa shape index (κ3) is 6.84. The topological polar surface area (TPSA) is 98.1 Å². The predicted molar refractivity (Wildman–Crippen MR) is 134 cm³/mol. The van der Waals surface area contributed by atoms with Crippen molar-refractivity contribution in [2.24, 2.45) is 0 Å². The molecule has 0 bridgehead atoms. The van der Waals surface area contributed by atoms with E-state index in [9.17, 15) is 9.59 Å². The number of rotatable bonds is 10. The number of carbonyl (C=O) groups is 2. The molecule has 0 aliphatic carbocycles. The summed E-state index contributed by atoms with van der Waals surface area (Å²) in [5.41, 5.74) is 3.88. The van der Waals surface area contributed by atoms with E-state index in [0.29, 0.717) is 17.5 Å². The van der Waals surface area contributed by atoms with E-state index in [1.54, 1.807) is 7.11 Å². The molecule has 1 aromatic heterocycles. The van der Waals surface area contributed by atoms with E-state index in [-0.39, 0.29) is 30.0 Å². The second kappa shape index (κ2) is 11.7. The Morgan fingerprint density at radius 1 is 1.06 bits per heavy atom. The van der Waals surface area contributed by atoms with Crippen molar-refractivity contribution in [1.82, 2.24) is 20.1 Å². The van der Waals surface area contributed by atoms with Gasteiger partial charge in [-0.15, -0.1) is 10.2 Å². The van der Waals surface area contributed by atoms with Crippen molar-refractivity contribution in [3.05, 3.63) is 65.0 Å². The predicted octanol–water partition coefficient (Wildman–Crippen LogP) is 4.07. The molecule has 2 amide bonds. The molecule has 1 atom stereocenters. The van der Waals surface area contributed by atoms with Crippen LogP contribution in [0.1, 0.15) is 42.4 Å². The van der Waals surface area contributed by atoms with E-state index in [1.807, 2.05) is 68.7 Å². The van der Waals surface area contributed by atoms with Gasteiger partial charge in [-0.25, -0.2) is 0 Å². The second-order valence-corrected chi connectivity index (χ2v) is 9.05. The number of anilines is 1. The molecule has 3 aromatic rings. The van der Waals surface area contributed by atoms with Crippen LogP contribution in [0, 0.1) is 13.8 Å². The van der Waals surface area contributed by atoms with Crippen molar-refractivity contribution in [2.75, 3.05) is 18.2 Å². The van der Waals surface area contributed by atoms with Crippen LogP contribution in [0.2, 0.25) is 0 Å². The van der Waals surface area contributed by atoms with Crippen LogP contribution in [0.15, 0.2) is 47.6 Å². The molecule has 9 heteroatoms. The van der Waals surface area contributed by atoms with Gasteiger partial charge in [-0.2, -0.15) is 0 Å². The van der Waals surface area contributed by atoms with E-state index in [2.05, 4.69) is 26.9 Å². The lowest BCUT2D eigenvalue weighted by atomic mass is 10.1. The van der Waals surface area contributed by atoms with Crippen LogP contribution in [0.25, 0.3) is 0 Å². The summed E-state index contributed by atoms with van der Waals surface area (Å²) in [5.74, 6) is 1.40. The van der Waals surface area contributed by atoms with Crippen LogP contribution in [-0.2, 0) is 22.6 Å². The molecule has 0 radical (unpaired) electrons. The fourth-order valence-electron chi connectivity index (χ4n) is 3.68. The molecule has 0 saturated carbocycles. The van der Waals surface area contributed by atoms with Gasteiger partial charge in [0.25, 0.3) is 0 Å². The highest BCUT2D eigenvalue weighted by molar-refractivity contribution is 7.99. The minimum atomic E-state index is -0.323. The maximum absolute atomic E-state index is 12.5. The maximum atomic E-state index is 12.5. The Bertz CT molecular complexity index is 1120. The van der Waals surface area contributed by atoms with Crippen LogP contribution in [-0.4, -0.2) is 39.4 Å². The fraction of sp³-hybridized carbons (Fsp3) is 0.360. The Kier molecular flexibility index (Phi) is 8.70. The smallest absolute Gasteiger partial charge is 0.234 e. The zero-order chi connectivity index (χ0) is 24.7. The molecule has 2 N–H and O–H groups in total. The molecular weight excluding hydrogens is 450 g/mol. The summed E-state index contributed by atoms with van der Waals surface area (Å²) in [6, 6.07) is 13.0. The maximum Gasteiger partial charge on any atom is 0.234 e. The molecule has 0 saturated heterocycles. The molecule has 0 aliphatic rings. The van der Waals surface area contributed by atoms with Crippen LogP contribution in [0.5, 0.6) is 5.75 Å². The largest absolute Gasteiger partial charge is 0.497 e. The Morgan fingerprint density at radius 2 is 1.74 bits per heavy atom. The van der Waals surface area contributed by atoms with E-state index < -0.39 is 0 Å². The van der Waals surface area contributed by atoms with Gasteiger partial charge in [0, 0.05) is 12.2 Å². The summed E-state index contributed by atoms with van der Waals surface area (Å²) in [5, 5.41) is 15.1. The molecule has 1 heterocycles. The lowest BCUT2D eigenvalue weighted by Crippen LogP contribution is -2.30. The normalized spacial score (nSPS) is 11.7. The first kappa shape index (κ1) is 25.3. The number of aromatic nitrogens is 3. The van der Waals surface area contributed by atoms with Gasteiger partial charge in [-0.3, -0.25) is 9.59 Å². The molecule has 180 valence electrons. The summed E-state index contributed by atoms with van der Waals surface area (Å²) < 4.78 is 7.08. The van der Waals surface area contributed by atoms with E-state index >= 15 is 0 Å². The first-order chi connectivity index (χ1) is 16.3. The van der Waals surface area contributed by atoms with Crippen molar-refractivity contribution < 1.29 is 14.3 Å². The number of nitrogens with zero attached hydrogens (tertiary/aromatic N) is 3. The van der Waals surface area contributed by atoms with Crippen molar-refractivity contribution in [3.63, 3.8) is 0 Å². The van der Waals surface area contributed by atoms with Gasteiger partial charge < -0.3 is 19.9 Å². The summed E-state index contributed by atoms with van der Waals surface area (Å²) in [6.07, 6.45) is 0.259. The monoisotopic (exact) mass is 481 g/mol. The molecule has 0 aliphatic heterocycles. The summed E-state index contributed by atoms with van der Waals surface area (Å²) >= 11 is 1.32. The lowest BCUT2D eigenvalue weighted by Gasteiger charge is -2.15. The van der Waals surface area contributed by atoms with E-state index in [1.165, 1.54) is 11.8 Å². The summed E-state index contributed by atoms with van der Waals surface area (Å²) in [6.45, 7) is 8.49. The Labute approximate surface area is 204 Å². The third-order valence-electron chi connectivity index (χ3n) is 5.19. The van der Waals surface area contributed by atoms with Gasteiger partial charge in [-0.05, 0) is 68.7 Å². The highest BCUT2D eigenvalue weighted by Gasteiger charge is 2.20. The highest BCUT2D eigenvalue weighted by Crippen LogP contribution is 2.22. The first-order valence-corrected chi connectivity index (χ1v) is 12.1. The van der Waals surface area contributed by atoms with Gasteiger partial charge in [0.2, 0.25) is 11.8 Å². The van der Waals surface area contributed by atoms with Crippen LogP contribution in [0.4, 0.5) is 5.69 Å². The molecule has 8 nitrogen and oxygen atoms in total. The number of hydrogen-bond acceptors (Lipinski definition) is 6. The van der Waals surface area contributed by atoms with Gasteiger partial charge in [-0.1, -0.05) is 30.0 Å². The standard InChI is InChI=1S/C25H31N5O3S/c1-6-30-24(18(4)26-22(31)14-19-7-9-21(33-5)10-8-19)28-29-25(30)34-15-23(32)27-20-12-16(2)11-17(3)13-20/h7-13,18H,6,14-15H2,1-5H3,(H,26,31)(H,27,32)/t18-/m1/s1. The number of carbonyl (C=O) groups excluding carboxylic acids is 2. The van der Waals surface area contributed by atoms with Crippen molar-refractivity contribution in [2.45, 2.75) is 51.9 Å². The van der Waals surface area contributed by atoms with Gasteiger partial charge >= 0.3 is 0 Å². The number of benzene rings is 2. The second-order valence-electron chi connectivity index (χ2n) is 8.11. The third-order valence-corrected chi connectivity index (χ3v) is 6.15. The quantitative estimate of drug-likeness (QED) is 0.424. The number of aryl methyl sites for hydroxylation is 2. The SMILES string of the molecule is CCn1c(SCC(=O)Nc2cc(C)cc(C)c2)nnc1[C@@H](C)NC(=O)Cc1ccc(OC)cc1. The molecule has 0 unspecified atom stereocenters. The molecule has 3 rings (SSSR count). The summed E-state index contributed by atoms with van der Waals surface area (Å²) in [4.78, 5) is 25.0. The average Bonchev–Trinajstić information content (AvgIpc) is 3.20. The number of thioether (sulfide) groups is 1. The van der Waals surface area contributed by atoms with Crippen molar-refractivity contribution in [3.8, 4) is 5.75 Å². The highest BCUT2D eigenvalue weighted by atomic mass is 32.2. The zero-order valence-electron chi connectivity index (χ0n) is 20.2. The molecule has 2 aromatic carbocycles. The fourth-order valence-corrected chi connectivity index (χ4v) is 4.49. The average molecular weight is 482 g/mol. The number of methoxy groups -OCH3 is 1. The van der Waals surface area contributed by atoms with Crippen LogP contribution in [0.3, 0.4) is 0 Å². The van der Waals surface area contributed by atoms with Crippen LogP contribution >= 0.6 is 11.8 Å². The lowest BCUT2D eigenvalue weighted by molar-refractivity contribution is -0.121. The molecule has 34 heavy (non-hydrogen) atoms. The van der Waals surface area contributed by atoms with E-state index in [4.69, 9.17) is 4.74 Å². The van der Waals surface area contributed by atoms with Gasteiger partial charge in [0.05, 0.1) is 25.3 Å². The zero-order valence-corrected chi connectivity index (χ0v) is 21.0. The van der Waals surface area contributed by atoms with Crippen molar-refractivity contribution >= 4 is 29.3 Å². The minimum Gasteiger partial charge on any atom is -0.497 e. The van der Waals surface area contributed by atoms with Gasteiger partial charge in [0.15, 0.2) is 11.0 Å². The Hall–Kier alpha value is -3.33. The first-order valence-electron chi connectivity index (χ1n) is 11.1.